The molecule has 0 bridgehead atoms. The number of hydrogen-bond acceptors (Lipinski definition) is 9. The lowest BCUT2D eigenvalue weighted by Gasteiger charge is -2.21. The van der Waals surface area contributed by atoms with Gasteiger partial charge in [-0.25, -0.2) is 4.98 Å². The van der Waals surface area contributed by atoms with E-state index in [1.165, 1.54) is 6.20 Å². The molecule has 4 rings (SSSR count). The summed E-state index contributed by atoms with van der Waals surface area (Å²) in [6.07, 6.45) is 3.46. The summed E-state index contributed by atoms with van der Waals surface area (Å²) >= 11 is 0. The molecule has 1 amide bonds. The third kappa shape index (κ3) is 7.37. The number of nitrogens with zero attached hydrogens (tertiary/aromatic N) is 2. The van der Waals surface area contributed by atoms with Gasteiger partial charge in [0.15, 0.2) is 0 Å². The monoisotopic (exact) mass is 490 g/mol. The Morgan fingerprint density at radius 3 is 2.79 bits per heavy atom. The van der Waals surface area contributed by atoms with E-state index in [0.717, 1.165) is 30.0 Å². The molecule has 10 nitrogen and oxygen atoms in total. The van der Waals surface area contributed by atoms with Crippen LogP contribution in [0.25, 0.3) is 0 Å². The van der Waals surface area contributed by atoms with Crippen molar-refractivity contribution in [1.82, 2.24) is 9.97 Å². The Hall–Kier alpha value is -2.76. The van der Waals surface area contributed by atoms with Crippen LogP contribution in [0.5, 0.6) is 5.75 Å². The molecule has 5 N–H and O–H groups in total. The van der Waals surface area contributed by atoms with E-state index in [2.05, 4.69) is 25.9 Å². The second-order valence-corrected chi connectivity index (χ2v) is 9.22. The first kappa shape index (κ1) is 25.9. The van der Waals surface area contributed by atoms with Gasteiger partial charge in [0.1, 0.15) is 24.3 Å². The highest BCUT2D eigenvalue weighted by Crippen LogP contribution is 2.31. The van der Waals surface area contributed by atoms with Crippen LogP contribution >= 0.6 is 13.5 Å². The Balaban J connectivity index is 0.00000324. The molecule has 1 saturated carbocycles. The maximum atomic E-state index is 11.7. The molecule has 1 aliphatic heterocycles. The molecule has 1 aromatic carbocycles. The summed E-state index contributed by atoms with van der Waals surface area (Å²) in [5.74, 6) is 1.02. The van der Waals surface area contributed by atoms with Gasteiger partial charge in [0.05, 0.1) is 30.1 Å². The Bertz CT molecular complexity index is 996. The van der Waals surface area contributed by atoms with E-state index in [1.807, 2.05) is 39.0 Å². The lowest BCUT2D eigenvalue weighted by molar-refractivity contribution is -0.0552. The smallest absolute Gasteiger partial charge is 0.254 e. The second-order valence-electron chi connectivity index (χ2n) is 9.22. The highest BCUT2D eigenvalue weighted by Gasteiger charge is 2.24. The summed E-state index contributed by atoms with van der Waals surface area (Å²) in [4.78, 5) is 20.4. The first-order valence-electron chi connectivity index (χ1n) is 11.2. The molecule has 1 atom stereocenters. The summed E-state index contributed by atoms with van der Waals surface area (Å²) in [7, 11) is 0. The quantitative estimate of drug-likeness (QED) is 0.392. The minimum absolute atomic E-state index is 0. The van der Waals surface area contributed by atoms with Crippen molar-refractivity contribution in [2.75, 3.05) is 42.3 Å². The van der Waals surface area contributed by atoms with Crippen LogP contribution in [0, 0.1) is 0 Å². The number of aromatic nitrogens is 2. The number of anilines is 4. The molecule has 186 valence electrons. The average Bonchev–Trinajstić information content (AvgIpc) is 3.58. The molecule has 1 aromatic heterocycles. The number of nitrogens with two attached hydrogens (primary N) is 1. The average molecular weight is 491 g/mol. The topological polar surface area (TPSA) is 133 Å². The molecule has 2 aliphatic rings. The molecule has 0 unspecified atom stereocenters. The molecule has 2 heterocycles. The third-order valence-electron chi connectivity index (χ3n) is 5.12. The number of nitrogens with one attached hydrogen (secondary N) is 3. The Morgan fingerprint density at radius 2 is 2.09 bits per heavy atom. The van der Waals surface area contributed by atoms with Crippen molar-refractivity contribution in [3.8, 4) is 5.75 Å². The summed E-state index contributed by atoms with van der Waals surface area (Å²) in [6, 6.07) is 6.03. The molecule has 1 aliphatic carbocycles. The molecular weight excluding hydrogens is 456 g/mol. The van der Waals surface area contributed by atoms with Gasteiger partial charge in [0, 0.05) is 24.5 Å². The fourth-order valence-corrected chi connectivity index (χ4v) is 3.29. The predicted molar refractivity (Wildman–Crippen MR) is 137 cm³/mol. The SMILES string of the molecule is CC(C)(C)OCCO[C@H]1CNc2cc(Nc3ncc(C(N)=O)c(NC4CC4)n3)ccc2OC1.S. The highest BCUT2D eigenvalue weighted by molar-refractivity contribution is 7.59. The van der Waals surface area contributed by atoms with Crippen molar-refractivity contribution in [3.05, 3.63) is 30.0 Å². The summed E-state index contributed by atoms with van der Waals surface area (Å²) in [5.41, 5.74) is 7.19. The molecule has 0 saturated heterocycles. The van der Waals surface area contributed by atoms with E-state index in [9.17, 15) is 4.79 Å². The van der Waals surface area contributed by atoms with Crippen molar-refractivity contribution >= 4 is 42.5 Å². The van der Waals surface area contributed by atoms with E-state index >= 15 is 0 Å². The van der Waals surface area contributed by atoms with Gasteiger partial charge < -0.3 is 35.9 Å². The maximum absolute atomic E-state index is 11.7. The van der Waals surface area contributed by atoms with Crippen molar-refractivity contribution in [2.24, 2.45) is 5.73 Å². The van der Waals surface area contributed by atoms with Crippen LogP contribution in [0.2, 0.25) is 0 Å². The zero-order chi connectivity index (χ0) is 23.4. The van der Waals surface area contributed by atoms with Crippen molar-refractivity contribution < 1.29 is 19.0 Å². The number of carbonyl (C=O) groups excluding carboxylic acids is 1. The largest absolute Gasteiger partial charge is 0.489 e. The Kier molecular flexibility index (Phi) is 8.45. The number of benzene rings is 1. The summed E-state index contributed by atoms with van der Waals surface area (Å²) in [5, 5.41) is 9.80. The lowest BCUT2D eigenvalue weighted by Crippen LogP contribution is -2.30. The van der Waals surface area contributed by atoms with Crippen LogP contribution in [0.4, 0.5) is 23.1 Å². The van der Waals surface area contributed by atoms with Crippen LogP contribution < -0.4 is 26.4 Å². The molecular formula is C23H34N6O4S. The fraction of sp³-hybridized carbons (Fsp3) is 0.522. The van der Waals surface area contributed by atoms with Crippen molar-refractivity contribution in [1.29, 1.82) is 0 Å². The van der Waals surface area contributed by atoms with Crippen molar-refractivity contribution in [3.63, 3.8) is 0 Å². The van der Waals surface area contributed by atoms with E-state index < -0.39 is 5.91 Å². The number of hydrogen-bond donors (Lipinski definition) is 4. The van der Waals surface area contributed by atoms with E-state index in [0.29, 0.717) is 44.2 Å². The van der Waals surface area contributed by atoms with E-state index in [1.54, 1.807) is 0 Å². The van der Waals surface area contributed by atoms with Gasteiger partial charge in [0.2, 0.25) is 5.95 Å². The molecule has 34 heavy (non-hydrogen) atoms. The lowest BCUT2D eigenvalue weighted by atomic mass is 10.2. The fourth-order valence-electron chi connectivity index (χ4n) is 3.29. The van der Waals surface area contributed by atoms with Gasteiger partial charge in [-0.2, -0.15) is 18.5 Å². The third-order valence-corrected chi connectivity index (χ3v) is 5.12. The van der Waals surface area contributed by atoms with Crippen LogP contribution in [-0.4, -0.2) is 60.0 Å². The van der Waals surface area contributed by atoms with E-state index in [4.69, 9.17) is 19.9 Å². The van der Waals surface area contributed by atoms with Gasteiger partial charge in [-0.15, -0.1) is 0 Å². The summed E-state index contributed by atoms with van der Waals surface area (Å²) in [6.45, 7) is 8.17. The number of ether oxygens (including phenoxy) is 3. The van der Waals surface area contributed by atoms with Gasteiger partial charge in [0.25, 0.3) is 5.91 Å². The minimum Gasteiger partial charge on any atom is -0.489 e. The zero-order valence-electron chi connectivity index (χ0n) is 19.8. The van der Waals surface area contributed by atoms with Gasteiger partial charge in [-0.1, -0.05) is 0 Å². The second kappa shape index (κ2) is 11.1. The van der Waals surface area contributed by atoms with Crippen LogP contribution in [0.3, 0.4) is 0 Å². The van der Waals surface area contributed by atoms with Gasteiger partial charge >= 0.3 is 0 Å². The highest BCUT2D eigenvalue weighted by atomic mass is 32.1. The number of carbonyl (C=O) groups is 1. The summed E-state index contributed by atoms with van der Waals surface area (Å²) < 4.78 is 17.5. The van der Waals surface area contributed by atoms with E-state index in [-0.39, 0.29) is 30.8 Å². The molecule has 0 spiro atoms. The predicted octanol–water partition coefficient (Wildman–Crippen LogP) is 3.01. The number of primary amides is 1. The molecule has 1 fully saturated rings. The maximum Gasteiger partial charge on any atom is 0.254 e. The number of amides is 1. The standard InChI is InChI=1S/C23H32N6O4.H2S/c1-23(2,3)33-9-8-31-16-11-25-18-10-15(6-7-19(18)32-13-16)28-22-26-12-17(20(24)30)21(29-22)27-14-4-5-14;/h6-7,10,12,14,16,25H,4-5,8-9,11,13H2,1-3H3,(H2,24,30)(H2,26,27,28,29);1H2/t16-;/m0./s1. The van der Waals surface area contributed by atoms with Crippen LogP contribution in [0.15, 0.2) is 24.4 Å². The first-order valence-corrected chi connectivity index (χ1v) is 11.2. The molecule has 0 radical (unpaired) electrons. The van der Waals surface area contributed by atoms with Crippen LogP contribution in [-0.2, 0) is 9.47 Å². The number of rotatable bonds is 9. The Labute approximate surface area is 206 Å². The van der Waals surface area contributed by atoms with Gasteiger partial charge in [-0.3, -0.25) is 4.79 Å². The first-order chi connectivity index (χ1) is 15.8. The molecule has 2 aromatic rings. The van der Waals surface area contributed by atoms with Crippen LogP contribution in [0.1, 0.15) is 44.0 Å². The molecule has 11 heteroatoms. The number of fused-ring (bicyclic) bond motifs is 1. The minimum atomic E-state index is -0.558. The Morgan fingerprint density at radius 1 is 1.29 bits per heavy atom. The zero-order valence-corrected chi connectivity index (χ0v) is 20.8. The van der Waals surface area contributed by atoms with Crippen molar-refractivity contribution in [2.45, 2.75) is 51.4 Å². The van der Waals surface area contributed by atoms with Gasteiger partial charge in [-0.05, 0) is 51.8 Å². The normalized spacial score (nSPS) is 17.3.